The Morgan fingerprint density at radius 1 is 1.02 bits per heavy atom. The second-order valence-electron chi connectivity index (χ2n) is 11.4. The van der Waals surface area contributed by atoms with E-state index in [1.807, 2.05) is 37.3 Å². The third-order valence-electron chi connectivity index (χ3n) is 8.49. The van der Waals surface area contributed by atoms with Crippen molar-refractivity contribution in [2.45, 2.75) is 64.8 Å². The number of nitrogens with zero attached hydrogens (tertiary/aromatic N) is 4. The monoisotopic (exact) mass is 568 g/mol. The number of aromatic nitrogens is 3. The second-order valence-corrected chi connectivity index (χ2v) is 11.4. The van der Waals surface area contributed by atoms with E-state index in [1.165, 1.54) is 0 Å². The zero-order valence-electron chi connectivity index (χ0n) is 24.1. The van der Waals surface area contributed by atoms with E-state index in [-0.39, 0.29) is 17.5 Å². The van der Waals surface area contributed by atoms with E-state index < -0.39 is 5.97 Å². The van der Waals surface area contributed by atoms with Crippen molar-refractivity contribution in [1.82, 2.24) is 19.4 Å². The molecular weight excluding hydrogens is 532 g/mol. The number of imidazole rings is 1. The van der Waals surface area contributed by atoms with E-state index in [2.05, 4.69) is 15.5 Å². The van der Waals surface area contributed by atoms with Gasteiger partial charge in [0, 0.05) is 29.8 Å². The molecule has 9 nitrogen and oxygen atoms in total. The number of hydrogen-bond donors (Lipinski definition) is 1. The van der Waals surface area contributed by atoms with Gasteiger partial charge in [-0.25, -0.2) is 14.8 Å². The van der Waals surface area contributed by atoms with Crippen LogP contribution in [0.15, 0.2) is 54.6 Å². The maximum atomic E-state index is 11.7. The molecule has 2 aliphatic rings. The van der Waals surface area contributed by atoms with Crippen molar-refractivity contribution in [2.24, 2.45) is 0 Å². The van der Waals surface area contributed by atoms with E-state index in [0.717, 1.165) is 72.6 Å². The van der Waals surface area contributed by atoms with E-state index in [1.54, 1.807) is 25.1 Å². The van der Waals surface area contributed by atoms with Gasteiger partial charge < -0.3 is 19.1 Å². The molecule has 4 aromatic rings. The number of benzene rings is 2. The van der Waals surface area contributed by atoms with Gasteiger partial charge in [-0.3, -0.25) is 9.69 Å². The van der Waals surface area contributed by atoms with Gasteiger partial charge in [0.1, 0.15) is 12.4 Å². The first kappa shape index (κ1) is 28.1. The van der Waals surface area contributed by atoms with Crippen molar-refractivity contribution in [1.29, 1.82) is 0 Å². The topological polar surface area (TPSA) is 107 Å². The molecule has 0 amide bonds. The van der Waals surface area contributed by atoms with Crippen LogP contribution in [-0.4, -0.2) is 62.1 Å². The molecule has 0 radical (unpaired) electrons. The lowest BCUT2D eigenvalue weighted by Gasteiger charge is -2.32. The molecule has 1 unspecified atom stereocenters. The molecule has 218 valence electrons. The molecule has 0 spiro atoms. The number of rotatable bonds is 10. The number of fused-ring (bicyclic) bond motifs is 1. The zero-order valence-corrected chi connectivity index (χ0v) is 24.1. The molecule has 2 aromatic carbocycles. The highest BCUT2D eigenvalue weighted by molar-refractivity contribution is 5.94. The number of aromatic carboxylic acids is 1. The third kappa shape index (κ3) is 6.07. The van der Waals surface area contributed by atoms with Gasteiger partial charge in [0.2, 0.25) is 5.88 Å². The first-order valence-electron chi connectivity index (χ1n) is 14.6. The fourth-order valence-corrected chi connectivity index (χ4v) is 5.82. The number of ether oxygens (including phenoxy) is 2. The molecule has 0 saturated carbocycles. The number of pyridine rings is 1. The number of aryl methyl sites for hydroxylation is 1. The molecule has 42 heavy (non-hydrogen) atoms. The molecule has 4 heterocycles. The molecule has 2 aromatic heterocycles. The Kier molecular flexibility index (Phi) is 8.04. The highest BCUT2D eigenvalue weighted by atomic mass is 16.5. The fraction of sp³-hybridized carbons (Fsp3) is 0.394. The second kappa shape index (κ2) is 12.0. The van der Waals surface area contributed by atoms with Crippen LogP contribution in [0.5, 0.6) is 5.88 Å². The Balaban J connectivity index is 1.09. The summed E-state index contributed by atoms with van der Waals surface area (Å²) >= 11 is 0. The van der Waals surface area contributed by atoms with Gasteiger partial charge in [0.15, 0.2) is 5.78 Å². The van der Waals surface area contributed by atoms with Crippen molar-refractivity contribution in [3.63, 3.8) is 0 Å². The summed E-state index contributed by atoms with van der Waals surface area (Å²) in [6, 6.07) is 16.8. The van der Waals surface area contributed by atoms with Crippen LogP contribution in [0.25, 0.3) is 11.0 Å². The number of ketones is 1. The first-order chi connectivity index (χ1) is 20.3. The van der Waals surface area contributed by atoms with Crippen molar-refractivity contribution < 1.29 is 24.2 Å². The lowest BCUT2D eigenvalue weighted by atomic mass is 9.93. The molecule has 1 atom stereocenters. The Bertz CT molecular complexity index is 1620. The van der Waals surface area contributed by atoms with E-state index in [4.69, 9.17) is 19.4 Å². The van der Waals surface area contributed by atoms with E-state index in [9.17, 15) is 14.7 Å². The lowest BCUT2D eigenvalue weighted by molar-refractivity contribution is -0.0592. The molecule has 0 bridgehead atoms. The molecule has 2 aliphatic heterocycles. The van der Waals surface area contributed by atoms with Gasteiger partial charge in [-0.1, -0.05) is 18.2 Å². The molecule has 9 heteroatoms. The molecular formula is C33H36N4O5. The van der Waals surface area contributed by atoms with Crippen molar-refractivity contribution in [2.75, 3.05) is 19.7 Å². The summed E-state index contributed by atoms with van der Waals surface area (Å²) in [7, 11) is 0. The third-order valence-corrected chi connectivity index (χ3v) is 8.49. The Hall–Kier alpha value is -4.08. The van der Waals surface area contributed by atoms with Crippen molar-refractivity contribution in [3.8, 4) is 5.88 Å². The molecule has 2 fully saturated rings. The molecule has 0 aliphatic carbocycles. The number of likely N-dealkylation sites (tertiary alicyclic amines) is 1. The summed E-state index contributed by atoms with van der Waals surface area (Å²) in [4.78, 5) is 35.4. The zero-order chi connectivity index (χ0) is 29.2. The minimum Gasteiger partial charge on any atom is -0.478 e. The summed E-state index contributed by atoms with van der Waals surface area (Å²) in [6.45, 7) is 7.97. The predicted molar refractivity (Wildman–Crippen MR) is 158 cm³/mol. The van der Waals surface area contributed by atoms with Crippen LogP contribution < -0.4 is 4.74 Å². The van der Waals surface area contributed by atoms with Gasteiger partial charge in [0.25, 0.3) is 0 Å². The lowest BCUT2D eigenvalue weighted by Crippen LogP contribution is -2.35. The highest BCUT2D eigenvalue weighted by Crippen LogP contribution is 2.30. The molecule has 1 N–H and O–H groups in total. The normalized spacial score (nSPS) is 17.7. The van der Waals surface area contributed by atoms with E-state index in [0.29, 0.717) is 37.1 Å². The van der Waals surface area contributed by atoms with Crippen LogP contribution in [0.1, 0.15) is 75.5 Å². The van der Waals surface area contributed by atoms with Gasteiger partial charge in [0.05, 0.1) is 35.8 Å². The van der Waals surface area contributed by atoms with Gasteiger partial charge in [-0.15, -0.1) is 0 Å². The van der Waals surface area contributed by atoms with Gasteiger partial charge in [-0.05, 0) is 87.7 Å². The summed E-state index contributed by atoms with van der Waals surface area (Å²) in [6.07, 6.45) is 3.11. The van der Waals surface area contributed by atoms with E-state index >= 15 is 0 Å². The number of carboxylic acids is 1. The quantitative estimate of drug-likeness (QED) is 0.254. The van der Waals surface area contributed by atoms with Crippen LogP contribution in [-0.2, 0) is 24.4 Å². The maximum absolute atomic E-state index is 11.7. The van der Waals surface area contributed by atoms with Crippen LogP contribution in [0.4, 0.5) is 0 Å². The summed E-state index contributed by atoms with van der Waals surface area (Å²) < 4.78 is 13.9. The average Bonchev–Trinajstić information content (AvgIpc) is 3.30. The van der Waals surface area contributed by atoms with Crippen LogP contribution >= 0.6 is 0 Å². The number of hydrogen-bond acceptors (Lipinski definition) is 7. The predicted octanol–water partition coefficient (Wildman–Crippen LogP) is 5.39. The first-order valence-corrected chi connectivity index (χ1v) is 14.6. The Morgan fingerprint density at radius 2 is 1.81 bits per heavy atom. The van der Waals surface area contributed by atoms with Gasteiger partial charge in [-0.2, -0.15) is 0 Å². The average molecular weight is 569 g/mol. The SMILES string of the molecule is CC(=O)c1ccc(COc2cccc(C3CCN(Cc4nc5ccc(C(=O)O)cc5n4CC4CCO4)CC3)n2)c(C)c1. The van der Waals surface area contributed by atoms with Crippen LogP contribution in [0.2, 0.25) is 0 Å². The molecule has 2 saturated heterocycles. The minimum atomic E-state index is -0.935. The Labute approximate surface area is 245 Å². The number of carboxylic acid groups (broad SMARTS) is 1. The maximum Gasteiger partial charge on any atom is 0.335 e. The minimum absolute atomic E-state index is 0.0576. The smallest absolute Gasteiger partial charge is 0.335 e. The number of carbonyl (C=O) groups is 2. The number of carbonyl (C=O) groups excluding carboxylic acids is 1. The molecule has 6 rings (SSSR count). The van der Waals surface area contributed by atoms with Gasteiger partial charge >= 0.3 is 5.97 Å². The van der Waals surface area contributed by atoms with Crippen LogP contribution in [0.3, 0.4) is 0 Å². The summed E-state index contributed by atoms with van der Waals surface area (Å²) in [5.74, 6) is 1.03. The Morgan fingerprint density at radius 3 is 2.50 bits per heavy atom. The largest absolute Gasteiger partial charge is 0.478 e. The summed E-state index contributed by atoms with van der Waals surface area (Å²) in [5, 5.41) is 9.51. The fourth-order valence-electron chi connectivity index (χ4n) is 5.82. The van der Waals surface area contributed by atoms with Crippen molar-refractivity contribution >= 4 is 22.8 Å². The highest BCUT2D eigenvalue weighted by Gasteiger charge is 2.26. The summed E-state index contributed by atoms with van der Waals surface area (Å²) in [5.41, 5.74) is 5.75. The van der Waals surface area contributed by atoms with Crippen LogP contribution in [0, 0.1) is 6.92 Å². The number of piperidine rings is 1. The van der Waals surface area contributed by atoms with Crippen molar-refractivity contribution in [3.05, 3.63) is 88.4 Å². The standard InChI is InChI=1S/C33H36N4O5/c1-21-16-24(22(2)38)6-7-26(21)20-42-32-5-3-4-28(35-32)23-10-13-36(14-11-23)19-31-34-29-9-8-25(33(39)40)17-30(29)37(31)18-27-12-15-41-27/h3-9,16-17,23,27H,10-15,18-20H2,1-2H3,(H,39,40). The number of Topliss-reactive ketones (excluding diaryl/α,β-unsaturated/α-hetero) is 1.